The smallest absolute Gasteiger partial charge is 0.223 e. The Balaban J connectivity index is 2.51. The van der Waals surface area contributed by atoms with E-state index in [9.17, 15) is 4.79 Å². The molecule has 0 saturated carbocycles. The van der Waals surface area contributed by atoms with Gasteiger partial charge in [0.05, 0.1) is 0 Å². The molecule has 0 radical (unpaired) electrons. The fraction of sp³-hybridized carbons (Fsp3) is 0.800. The molecule has 8 heavy (non-hydrogen) atoms. The van der Waals surface area contributed by atoms with E-state index in [0.717, 1.165) is 6.54 Å². The third-order valence-electron chi connectivity index (χ3n) is 1.37. The molecule has 46 valence electrons. The molecule has 0 N–H and O–H groups in total. The first-order chi connectivity index (χ1) is 3.70. The van der Waals surface area contributed by atoms with Gasteiger partial charge in [-0.1, -0.05) is 0 Å². The highest BCUT2D eigenvalue weighted by Gasteiger charge is 2.22. The van der Waals surface area contributed by atoms with Crippen molar-refractivity contribution in [1.29, 1.82) is 0 Å². The van der Waals surface area contributed by atoms with Crippen LogP contribution in [0.4, 0.5) is 0 Å². The van der Waals surface area contributed by atoms with Crippen molar-refractivity contribution in [2.45, 2.75) is 12.1 Å². The first kappa shape index (κ1) is 6.03. The molecule has 3 heteroatoms. The lowest BCUT2D eigenvalue weighted by atomic mass is 10.4. The third kappa shape index (κ3) is 1.00. The molecule has 1 rings (SSSR count). The number of amides is 1. The molecule has 0 aliphatic carbocycles. The van der Waals surface area contributed by atoms with Gasteiger partial charge in [-0.3, -0.25) is 4.79 Å². The summed E-state index contributed by atoms with van der Waals surface area (Å²) in [4.78, 5) is 12.5. The van der Waals surface area contributed by atoms with Crippen LogP contribution in [-0.4, -0.2) is 30.1 Å². The van der Waals surface area contributed by atoms with E-state index in [-0.39, 0.29) is 5.91 Å². The second-order valence-corrected chi connectivity index (χ2v) is 3.18. The van der Waals surface area contributed by atoms with Crippen LogP contribution in [-0.2, 0) is 4.79 Å². The largest absolute Gasteiger partial charge is 0.345 e. The quantitative estimate of drug-likeness (QED) is 0.427. The lowest BCUT2D eigenvalue weighted by molar-refractivity contribution is -0.126. The Bertz CT molecular complexity index is 115. The average Bonchev–Trinajstić information content (AvgIpc) is 1.85. The summed E-state index contributed by atoms with van der Waals surface area (Å²) in [5, 5.41) is 0. The van der Waals surface area contributed by atoms with Crippen molar-refractivity contribution in [3.8, 4) is 0 Å². The van der Waals surface area contributed by atoms with E-state index in [0.29, 0.717) is 12.1 Å². The standard InChI is InChI=1S/C5H10NOP/c1-6-3-4(8)2-5(6)7/h4H,2-3,8H2,1H3. The second kappa shape index (κ2) is 2.02. The van der Waals surface area contributed by atoms with Gasteiger partial charge in [0.2, 0.25) is 5.91 Å². The minimum atomic E-state index is 0.269. The van der Waals surface area contributed by atoms with Gasteiger partial charge in [-0.2, -0.15) is 0 Å². The predicted octanol–water partition coefficient (Wildman–Crippen LogP) is 0.0922. The van der Waals surface area contributed by atoms with Gasteiger partial charge < -0.3 is 4.90 Å². The lowest BCUT2D eigenvalue weighted by Crippen LogP contribution is -2.18. The van der Waals surface area contributed by atoms with Gasteiger partial charge in [0, 0.05) is 25.7 Å². The summed E-state index contributed by atoms with van der Waals surface area (Å²) in [6.07, 6.45) is 0.709. The number of carbonyl (C=O) groups excluding carboxylic acids is 1. The molecule has 0 aromatic heterocycles. The van der Waals surface area contributed by atoms with Crippen LogP contribution in [0.15, 0.2) is 0 Å². The molecular formula is C5H10NOP. The molecule has 1 aliphatic heterocycles. The lowest BCUT2D eigenvalue weighted by Gasteiger charge is -2.04. The summed E-state index contributed by atoms with van der Waals surface area (Å²) in [5.41, 5.74) is 0.493. The molecule has 0 aromatic rings. The van der Waals surface area contributed by atoms with Crippen LogP contribution < -0.4 is 0 Å². The monoisotopic (exact) mass is 131 g/mol. The number of nitrogens with zero attached hydrogens (tertiary/aromatic N) is 1. The highest BCUT2D eigenvalue weighted by Crippen LogP contribution is 2.15. The topological polar surface area (TPSA) is 20.3 Å². The van der Waals surface area contributed by atoms with Crippen molar-refractivity contribution in [3.63, 3.8) is 0 Å². The second-order valence-electron chi connectivity index (χ2n) is 2.24. The maximum atomic E-state index is 10.7. The first-order valence-corrected chi connectivity index (χ1v) is 3.36. The Morgan fingerprint density at radius 3 is 2.62 bits per heavy atom. The first-order valence-electron chi connectivity index (χ1n) is 2.69. The average molecular weight is 131 g/mol. The van der Waals surface area contributed by atoms with Gasteiger partial charge in [0.25, 0.3) is 0 Å². The molecule has 1 amide bonds. The van der Waals surface area contributed by atoms with Gasteiger partial charge in [0.15, 0.2) is 0 Å². The van der Waals surface area contributed by atoms with E-state index in [2.05, 4.69) is 9.24 Å². The Morgan fingerprint density at radius 1 is 1.88 bits per heavy atom. The molecule has 0 aromatic carbocycles. The fourth-order valence-corrected chi connectivity index (χ4v) is 1.42. The number of hydrogen-bond acceptors (Lipinski definition) is 1. The van der Waals surface area contributed by atoms with Crippen molar-refractivity contribution < 1.29 is 4.79 Å². The van der Waals surface area contributed by atoms with Crippen LogP contribution in [0, 0.1) is 0 Å². The van der Waals surface area contributed by atoms with E-state index >= 15 is 0 Å². The van der Waals surface area contributed by atoms with E-state index in [1.54, 1.807) is 4.90 Å². The minimum absolute atomic E-state index is 0.269. The normalized spacial score (nSPS) is 29.5. The maximum absolute atomic E-state index is 10.7. The van der Waals surface area contributed by atoms with Gasteiger partial charge in [-0.25, -0.2) is 0 Å². The molecule has 1 heterocycles. The molecule has 2 unspecified atom stereocenters. The molecule has 0 bridgehead atoms. The van der Waals surface area contributed by atoms with Crippen molar-refractivity contribution in [2.24, 2.45) is 0 Å². The van der Waals surface area contributed by atoms with Crippen molar-refractivity contribution in [1.82, 2.24) is 4.90 Å². The number of carbonyl (C=O) groups is 1. The fourth-order valence-electron chi connectivity index (χ4n) is 0.898. The van der Waals surface area contributed by atoms with Gasteiger partial charge >= 0.3 is 0 Å². The van der Waals surface area contributed by atoms with E-state index in [4.69, 9.17) is 0 Å². The highest BCUT2D eigenvalue weighted by molar-refractivity contribution is 7.17. The van der Waals surface area contributed by atoms with Crippen LogP contribution in [0.25, 0.3) is 0 Å². The molecule has 2 nitrogen and oxygen atoms in total. The van der Waals surface area contributed by atoms with Crippen LogP contribution in [0.1, 0.15) is 6.42 Å². The van der Waals surface area contributed by atoms with Gasteiger partial charge in [-0.05, 0) is 0 Å². The SMILES string of the molecule is CN1CC(P)CC1=O. The summed E-state index contributed by atoms with van der Waals surface area (Å²) < 4.78 is 0. The third-order valence-corrected chi connectivity index (χ3v) is 1.82. The Kier molecular flexibility index (Phi) is 1.52. The summed E-state index contributed by atoms with van der Waals surface area (Å²) >= 11 is 0. The van der Waals surface area contributed by atoms with Crippen molar-refractivity contribution >= 4 is 15.1 Å². The number of hydrogen-bond donors (Lipinski definition) is 0. The molecule has 1 fully saturated rings. The van der Waals surface area contributed by atoms with Gasteiger partial charge in [-0.15, -0.1) is 9.24 Å². The Morgan fingerprint density at radius 2 is 2.50 bits per heavy atom. The molecule has 2 atom stereocenters. The van der Waals surface area contributed by atoms with Crippen molar-refractivity contribution in [3.05, 3.63) is 0 Å². The molecular weight excluding hydrogens is 121 g/mol. The highest BCUT2D eigenvalue weighted by atomic mass is 31.0. The zero-order valence-electron chi connectivity index (χ0n) is 4.92. The van der Waals surface area contributed by atoms with E-state index < -0.39 is 0 Å². The minimum Gasteiger partial charge on any atom is -0.345 e. The molecule has 0 spiro atoms. The summed E-state index contributed by atoms with van der Waals surface area (Å²) in [6, 6.07) is 0. The molecule has 1 saturated heterocycles. The number of rotatable bonds is 0. The Hall–Kier alpha value is -0.100. The maximum Gasteiger partial charge on any atom is 0.223 e. The Labute approximate surface area is 51.4 Å². The zero-order valence-corrected chi connectivity index (χ0v) is 6.08. The summed E-state index contributed by atoms with van der Waals surface area (Å²) in [6.45, 7) is 0.906. The van der Waals surface area contributed by atoms with Crippen molar-refractivity contribution in [2.75, 3.05) is 13.6 Å². The van der Waals surface area contributed by atoms with Gasteiger partial charge in [0.1, 0.15) is 0 Å². The summed E-state index contributed by atoms with van der Waals surface area (Å²) in [7, 11) is 4.50. The van der Waals surface area contributed by atoms with Crippen LogP contribution in [0.3, 0.4) is 0 Å². The zero-order chi connectivity index (χ0) is 6.15. The predicted molar refractivity (Wildman–Crippen MR) is 35.8 cm³/mol. The van der Waals surface area contributed by atoms with Crippen LogP contribution in [0.5, 0.6) is 0 Å². The molecule has 1 aliphatic rings. The number of likely N-dealkylation sites (tertiary alicyclic amines) is 1. The van der Waals surface area contributed by atoms with E-state index in [1.807, 2.05) is 7.05 Å². The van der Waals surface area contributed by atoms with Crippen LogP contribution >= 0.6 is 9.24 Å². The van der Waals surface area contributed by atoms with E-state index in [1.165, 1.54) is 0 Å². The van der Waals surface area contributed by atoms with Crippen LogP contribution in [0.2, 0.25) is 0 Å². The summed E-state index contributed by atoms with van der Waals surface area (Å²) in [5.74, 6) is 0.269.